The third-order valence-electron chi connectivity index (χ3n) is 7.25. The van der Waals surface area contributed by atoms with Crippen molar-refractivity contribution in [1.29, 1.82) is 5.26 Å². The summed E-state index contributed by atoms with van der Waals surface area (Å²) < 4.78 is 47.1. The van der Waals surface area contributed by atoms with Crippen LogP contribution in [-0.2, 0) is 16.0 Å². The number of hydrogen-bond acceptors (Lipinski definition) is 7. The number of nitriles is 1. The second-order valence-corrected chi connectivity index (χ2v) is 10.6. The second-order valence-electron chi connectivity index (χ2n) is 10.6. The number of rotatable bonds is 10. The molecular formula is C25H34BF3N4O5. The molecule has 2 amide bonds. The molecule has 4 atom stereocenters. The van der Waals surface area contributed by atoms with Gasteiger partial charge >= 0.3 is 13.2 Å². The van der Waals surface area contributed by atoms with Gasteiger partial charge in [-0.3, -0.25) is 9.69 Å². The first-order chi connectivity index (χ1) is 17.8. The van der Waals surface area contributed by atoms with Crippen molar-refractivity contribution < 1.29 is 37.5 Å². The van der Waals surface area contributed by atoms with Gasteiger partial charge in [0.05, 0.1) is 31.6 Å². The van der Waals surface area contributed by atoms with E-state index in [9.17, 15) is 38.1 Å². The number of amides is 2. The second kappa shape index (κ2) is 12.4. The predicted molar refractivity (Wildman–Crippen MR) is 133 cm³/mol. The molecule has 0 spiro atoms. The van der Waals surface area contributed by atoms with Crippen molar-refractivity contribution in [1.82, 2.24) is 15.1 Å². The summed E-state index contributed by atoms with van der Waals surface area (Å²) in [6.07, 6.45) is -3.77. The SMILES string of the molecule is CC(C)(CCC(C#N)C(=O)N1C[C@@H](F)[C@H](OC(=O)N[C@@H](Cc2ccccc2)B(O)O)C1)N1CCC(F)(F)C1. The number of nitrogens with zero attached hydrogens (tertiary/aromatic N) is 3. The predicted octanol–water partition coefficient (Wildman–Crippen LogP) is 1.92. The van der Waals surface area contributed by atoms with E-state index in [1.165, 1.54) is 0 Å². The zero-order valence-electron chi connectivity index (χ0n) is 21.5. The minimum absolute atomic E-state index is 0.0945. The number of halogens is 3. The highest BCUT2D eigenvalue weighted by molar-refractivity contribution is 6.43. The highest BCUT2D eigenvalue weighted by atomic mass is 19.3. The van der Waals surface area contributed by atoms with Crippen LogP contribution in [0.4, 0.5) is 18.0 Å². The summed E-state index contributed by atoms with van der Waals surface area (Å²) >= 11 is 0. The Morgan fingerprint density at radius 2 is 1.97 bits per heavy atom. The molecule has 2 aliphatic rings. The Bertz CT molecular complexity index is 1010. The smallest absolute Gasteiger partial charge is 0.441 e. The van der Waals surface area contributed by atoms with E-state index in [1.807, 2.05) is 6.07 Å². The minimum atomic E-state index is -2.76. The highest BCUT2D eigenvalue weighted by Gasteiger charge is 2.45. The van der Waals surface area contributed by atoms with Gasteiger partial charge in [0.15, 0.2) is 12.3 Å². The van der Waals surface area contributed by atoms with E-state index in [0.29, 0.717) is 6.42 Å². The zero-order valence-corrected chi connectivity index (χ0v) is 21.5. The maximum absolute atomic E-state index is 14.7. The molecule has 2 saturated heterocycles. The average Bonchev–Trinajstić information content (AvgIpc) is 3.41. The van der Waals surface area contributed by atoms with Crippen molar-refractivity contribution in [2.75, 3.05) is 26.2 Å². The van der Waals surface area contributed by atoms with Gasteiger partial charge in [0.2, 0.25) is 5.91 Å². The number of carbonyl (C=O) groups is 2. The third-order valence-corrected chi connectivity index (χ3v) is 7.25. The van der Waals surface area contributed by atoms with Crippen LogP contribution in [0.25, 0.3) is 0 Å². The lowest BCUT2D eigenvalue weighted by Gasteiger charge is -2.36. The number of alkyl halides is 3. The maximum atomic E-state index is 14.7. The molecule has 3 rings (SSSR count). The first-order valence-electron chi connectivity index (χ1n) is 12.6. The molecule has 2 aliphatic heterocycles. The molecule has 0 saturated carbocycles. The van der Waals surface area contributed by atoms with Crippen molar-refractivity contribution >= 4 is 19.1 Å². The van der Waals surface area contributed by atoms with Gasteiger partial charge in [0.25, 0.3) is 5.92 Å². The van der Waals surface area contributed by atoms with E-state index < -0.39 is 54.7 Å². The van der Waals surface area contributed by atoms with Crippen molar-refractivity contribution in [3.8, 4) is 6.07 Å². The molecule has 1 aromatic rings. The van der Waals surface area contributed by atoms with E-state index >= 15 is 0 Å². The first-order valence-corrected chi connectivity index (χ1v) is 12.6. The number of ether oxygens (including phenoxy) is 1. The van der Waals surface area contributed by atoms with Crippen molar-refractivity contribution in [2.24, 2.45) is 5.92 Å². The molecular weight excluding hydrogens is 504 g/mol. The van der Waals surface area contributed by atoms with Gasteiger partial charge in [0.1, 0.15) is 5.92 Å². The molecule has 9 nitrogen and oxygen atoms in total. The average molecular weight is 538 g/mol. The van der Waals surface area contributed by atoms with Crippen LogP contribution in [0.3, 0.4) is 0 Å². The minimum Gasteiger partial charge on any atom is -0.441 e. The molecule has 208 valence electrons. The fraction of sp³-hybridized carbons (Fsp3) is 0.640. The van der Waals surface area contributed by atoms with Gasteiger partial charge in [-0.05, 0) is 38.7 Å². The van der Waals surface area contributed by atoms with Crippen molar-refractivity contribution in [3.63, 3.8) is 0 Å². The van der Waals surface area contributed by atoms with Crippen LogP contribution in [0.2, 0.25) is 0 Å². The molecule has 0 aromatic heterocycles. The summed E-state index contributed by atoms with van der Waals surface area (Å²) in [5, 5.41) is 31.2. The van der Waals surface area contributed by atoms with Gasteiger partial charge in [-0.1, -0.05) is 30.3 Å². The lowest BCUT2D eigenvalue weighted by atomic mass is 9.76. The summed E-state index contributed by atoms with van der Waals surface area (Å²) in [5.41, 5.74) is 0.0799. The summed E-state index contributed by atoms with van der Waals surface area (Å²) in [6, 6.07) is 10.7. The molecule has 38 heavy (non-hydrogen) atoms. The first kappa shape index (κ1) is 29.7. The third kappa shape index (κ3) is 7.85. The molecule has 2 heterocycles. The van der Waals surface area contributed by atoms with Gasteiger partial charge in [-0.25, -0.2) is 18.0 Å². The van der Waals surface area contributed by atoms with Crippen LogP contribution >= 0.6 is 0 Å². The van der Waals surface area contributed by atoms with Crippen LogP contribution in [0, 0.1) is 17.2 Å². The Hall–Kier alpha value is -2.82. The van der Waals surface area contributed by atoms with Gasteiger partial charge in [0, 0.05) is 18.5 Å². The van der Waals surface area contributed by atoms with E-state index in [4.69, 9.17) is 4.74 Å². The largest absolute Gasteiger partial charge is 0.475 e. The van der Waals surface area contributed by atoms with E-state index in [-0.39, 0.29) is 45.4 Å². The van der Waals surface area contributed by atoms with Crippen LogP contribution in [0.15, 0.2) is 30.3 Å². The lowest BCUT2D eigenvalue weighted by Crippen LogP contribution is -2.49. The Kier molecular flexibility index (Phi) is 9.67. The number of hydrogen-bond donors (Lipinski definition) is 3. The Balaban J connectivity index is 1.52. The number of benzene rings is 1. The van der Waals surface area contributed by atoms with Gasteiger partial charge < -0.3 is 25.0 Å². The standard InChI is InChI=1S/C25H34BF3N4O5/c1-24(2,33-11-10-25(28,29)16-33)9-8-18(13-30)22(34)32-14-19(27)20(15-32)38-23(35)31-21(26(36)37)12-17-6-4-3-5-7-17/h3-7,18-21,36-37H,8-12,14-16H2,1-2H3,(H,31,35)/t18?,19-,20-,21+/m1/s1. The molecule has 0 aliphatic carbocycles. The van der Waals surface area contributed by atoms with E-state index in [1.54, 1.807) is 49.1 Å². The summed E-state index contributed by atoms with van der Waals surface area (Å²) in [7, 11) is -1.89. The van der Waals surface area contributed by atoms with E-state index in [2.05, 4.69) is 5.32 Å². The number of likely N-dealkylation sites (tertiary alicyclic amines) is 2. The molecule has 1 aromatic carbocycles. The topological polar surface area (TPSA) is 126 Å². The lowest BCUT2D eigenvalue weighted by molar-refractivity contribution is -0.133. The molecule has 1 unspecified atom stereocenters. The molecule has 0 radical (unpaired) electrons. The van der Waals surface area contributed by atoms with E-state index in [0.717, 1.165) is 10.5 Å². The number of alkyl carbamates (subject to hydrolysis) is 1. The maximum Gasteiger partial charge on any atom is 0.475 e. The summed E-state index contributed by atoms with van der Waals surface area (Å²) in [5.74, 6) is -5.58. The highest BCUT2D eigenvalue weighted by Crippen LogP contribution is 2.34. The van der Waals surface area contributed by atoms with Gasteiger partial charge in [-0.15, -0.1) is 0 Å². The Morgan fingerprint density at radius 3 is 2.55 bits per heavy atom. The zero-order chi connectivity index (χ0) is 28.1. The van der Waals surface area contributed by atoms with Crippen molar-refractivity contribution in [2.45, 2.75) is 69.2 Å². The fourth-order valence-corrected chi connectivity index (χ4v) is 4.82. The molecule has 2 fully saturated rings. The monoisotopic (exact) mass is 538 g/mol. The van der Waals surface area contributed by atoms with Crippen molar-refractivity contribution in [3.05, 3.63) is 35.9 Å². The number of nitrogens with one attached hydrogen (secondary N) is 1. The Labute approximate surface area is 220 Å². The molecule has 0 bridgehead atoms. The molecule has 13 heteroatoms. The van der Waals surface area contributed by atoms with Gasteiger partial charge in [-0.2, -0.15) is 5.26 Å². The van der Waals surface area contributed by atoms with Crippen LogP contribution in [0.1, 0.15) is 38.7 Å². The fourth-order valence-electron chi connectivity index (χ4n) is 4.82. The number of carbonyl (C=O) groups excluding carboxylic acids is 2. The van der Waals surface area contributed by atoms with Crippen LogP contribution < -0.4 is 5.32 Å². The normalized spacial score (nSPS) is 22.9. The molecule has 3 N–H and O–H groups in total. The summed E-state index contributed by atoms with van der Waals surface area (Å²) in [6.45, 7) is 2.79. The summed E-state index contributed by atoms with van der Waals surface area (Å²) in [4.78, 5) is 28.1. The van der Waals surface area contributed by atoms with Crippen LogP contribution in [0.5, 0.6) is 0 Å². The Morgan fingerprint density at radius 1 is 1.29 bits per heavy atom. The van der Waals surface area contributed by atoms with Crippen LogP contribution in [-0.4, -0.2) is 94.8 Å². The quantitative estimate of drug-likeness (QED) is 0.389.